The minimum absolute atomic E-state index is 0.0136. The second-order valence-electron chi connectivity index (χ2n) is 5.21. The molecule has 10 heteroatoms. The Labute approximate surface area is 143 Å². The molecule has 26 heavy (non-hydrogen) atoms. The van der Waals surface area contributed by atoms with Gasteiger partial charge in [0.05, 0.1) is 24.7 Å². The highest BCUT2D eigenvalue weighted by Gasteiger charge is 2.33. The van der Waals surface area contributed by atoms with Gasteiger partial charge in [-0.2, -0.15) is 0 Å². The Balaban J connectivity index is 2.16. The van der Waals surface area contributed by atoms with E-state index in [1.165, 1.54) is 37.6 Å². The number of nitrogens with one attached hydrogen (secondary N) is 1. The van der Waals surface area contributed by atoms with Gasteiger partial charge >= 0.3 is 12.1 Å². The number of methoxy groups -OCH3 is 1. The Kier molecular flexibility index (Phi) is 4.41. The first-order valence-corrected chi connectivity index (χ1v) is 7.29. The van der Waals surface area contributed by atoms with E-state index in [0.29, 0.717) is 0 Å². The first-order chi connectivity index (χ1) is 12.3. The maximum absolute atomic E-state index is 12.7. The van der Waals surface area contributed by atoms with Gasteiger partial charge in [-0.05, 0) is 24.3 Å². The SMILES string of the molecule is COc1cccc(OC(F)(F)F)c1Cn1c(=O)[nH]c2cccnc2c1=O. The van der Waals surface area contributed by atoms with Crippen molar-refractivity contribution in [3.63, 3.8) is 0 Å². The van der Waals surface area contributed by atoms with Gasteiger partial charge in [0.2, 0.25) is 0 Å². The molecule has 0 saturated carbocycles. The van der Waals surface area contributed by atoms with Gasteiger partial charge < -0.3 is 14.5 Å². The molecule has 1 N–H and O–H groups in total. The molecule has 3 aromatic rings. The summed E-state index contributed by atoms with van der Waals surface area (Å²) < 4.78 is 47.7. The lowest BCUT2D eigenvalue weighted by atomic mass is 10.1. The molecule has 0 unspecified atom stereocenters. The van der Waals surface area contributed by atoms with Crippen LogP contribution in [0.2, 0.25) is 0 Å². The quantitative estimate of drug-likeness (QED) is 0.763. The lowest BCUT2D eigenvalue weighted by Crippen LogP contribution is -2.36. The summed E-state index contributed by atoms with van der Waals surface area (Å²) in [4.78, 5) is 31.1. The Morgan fingerprint density at radius 2 is 1.88 bits per heavy atom. The molecule has 0 amide bonds. The van der Waals surface area contributed by atoms with Gasteiger partial charge in [-0.15, -0.1) is 13.2 Å². The highest BCUT2D eigenvalue weighted by molar-refractivity contribution is 5.71. The standard InChI is InChI=1S/C16H12F3N3O4/c1-25-11-5-2-6-12(26-16(17,18)19)9(11)8-22-14(23)13-10(21-15(22)24)4-3-7-20-13/h2-7H,8H2,1H3,(H,21,24). The van der Waals surface area contributed by atoms with Crippen LogP contribution in [0.1, 0.15) is 5.56 Å². The molecule has 0 aliphatic rings. The van der Waals surface area contributed by atoms with Crippen molar-refractivity contribution in [1.29, 1.82) is 0 Å². The molecule has 2 aromatic heterocycles. The van der Waals surface area contributed by atoms with Gasteiger partial charge in [0.15, 0.2) is 5.52 Å². The minimum atomic E-state index is -4.94. The topological polar surface area (TPSA) is 86.2 Å². The molecule has 0 atom stereocenters. The van der Waals surface area contributed by atoms with E-state index in [1.807, 2.05) is 0 Å². The number of fused-ring (bicyclic) bond motifs is 1. The van der Waals surface area contributed by atoms with E-state index in [4.69, 9.17) is 4.74 Å². The highest BCUT2D eigenvalue weighted by Crippen LogP contribution is 2.32. The summed E-state index contributed by atoms with van der Waals surface area (Å²) in [6, 6.07) is 6.81. The molecule has 136 valence electrons. The number of ether oxygens (including phenoxy) is 2. The Morgan fingerprint density at radius 1 is 1.15 bits per heavy atom. The number of nitrogens with zero attached hydrogens (tertiary/aromatic N) is 2. The monoisotopic (exact) mass is 367 g/mol. The molecule has 0 radical (unpaired) electrons. The van der Waals surface area contributed by atoms with Gasteiger partial charge in [-0.25, -0.2) is 9.78 Å². The lowest BCUT2D eigenvalue weighted by Gasteiger charge is -2.16. The molecule has 0 aliphatic heterocycles. The van der Waals surface area contributed by atoms with Gasteiger partial charge in [0.25, 0.3) is 5.56 Å². The molecule has 0 fully saturated rings. The van der Waals surface area contributed by atoms with Crippen molar-refractivity contribution in [2.24, 2.45) is 0 Å². The zero-order chi connectivity index (χ0) is 18.9. The number of aromatic amines is 1. The summed E-state index contributed by atoms with van der Waals surface area (Å²) in [5, 5.41) is 0. The van der Waals surface area contributed by atoms with E-state index in [2.05, 4.69) is 14.7 Å². The van der Waals surface area contributed by atoms with Crippen LogP contribution < -0.4 is 20.7 Å². The van der Waals surface area contributed by atoms with Crippen molar-refractivity contribution >= 4 is 11.0 Å². The number of halogens is 3. The van der Waals surface area contributed by atoms with Crippen molar-refractivity contribution < 1.29 is 22.6 Å². The van der Waals surface area contributed by atoms with E-state index in [1.54, 1.807) is 0 Å². The fraction of sp³-hybridized carbons (Fsp3) is 0.188. The predicted molar refractivity (Wildman–Crippen MR) is 85.4 cm³/mol. The number of hydrogen-bond acceptors (Lipinski definition) is 5. The van der Waals surface area contributed by atoms with Crippen molar-refractivity contribution in [1.82, 2.24) is 14.5 Å². The molecular formula is C16H12F3N3O4. The maximum atomic E-state index is 12.7. The van der Waals surface area contributed by atoms with Gasteiger partial charge in [0.1, 0.15) is 11.5 Å². The van der Waals surface area contributed by atoms with Crippen molar-refractivity contribution in [2.75, 3.05) is 7.11 Å². The zero-order valence-corrected chi connectivity index (χ0v) is 13.3. The number of aromatic nitrogens is 3. The number of alkyl halides is 3. The number of pyridine rings is 1. The molecular weight excluding hydrogens is 355 g/mol. The van der Waals surface area contributed by atoms with E-state index >= 15 is 0 Å². The predicted octanol–water partition coefficient (Wildman–Crippen LogP) is 2.04. The molecule has 1 aromatic carbocycles. The van der Waals surface area contributed by atoms with Crippen molar-refractivity contribution in [3.8, 4) is 11.5 Å². The lowest BCUT2D eigenvalue weighted by molar-refractivity contribution is -0.274. The Bertz CT molecular complexity index is 1070. The van der Waals surface area contributed by atoms with Crippen LogP contribution in [0.25, 0.3) is 11.0 Å². The maximum Gasteiger partial charge on any atom is 0.573 e. The molecule has 7 nitrogen and oxygen atoms in total. The third kappa shape index (κ3) is 3.39. The molecule has 3 rings (SSSR count). The van der Waals surface area contributed by atoms with E-state index < -0.39 is 29.9 Å². The average Bonchev–Trinajstić information content (AvgIpc) is 2.58. The van der Waals surface area contributed by atoms with Crippen LogP contribution in [-0.2, 0) is 6.54 Å². The highest BCUT2D eigenvalue weighted by atomic mass is 19.4. The zero-order valence-electron chi connectivity index (χ0n) is 13.3. The van der Waals surface area contributed by atoms with E-state index in [0.717, 1.165) is 10.6 Å². The van der Waals surface area contributed by atoms with Gasteiger partial charge in [-0.3, -0.25) is 9.36 Å². The van der Waals surface area contributed by atoms with Gasteiger partial charge in [0, 0.05) is 6.20 Å². The summed E-state index contributed by atoms with van der Waals surface area (Å²) in [5.74, 6) is -0.525. The van der Waals surface area contributed by atoms with Crippen LogP contribution in [0.5, 0.6) is 11.5 Å². The van der Waals surface area contributed by atoms with Crippen molar-refractivity contribution in [3.05, 3.63) is 62.9 Å². The van der Waals surface area contributed by atoms with Crippen LogP contribution in [-0.4, -0.2) is 28.0 Å². The first-order valence-electron chi connectivity index (χ1n) is 7.29. The first kappa shape index (κ1) is 17.5. The summed E-state index contributed by atoms with van der Waals surface area (Å²) >= 11 is 0. The second kappa shape index (κ2) is 6.54. The molecule has 0 bridgehead atoms. The summed E-state index contributed by atoms with van der Waals surface area (Å²) in [7, 11) is 1.26. The van der Waals surface area contributed by atoms with Crippen molar-refractivity contribution in [2.45, 2.75) is 12.9 Å². The fourth-order valence-corrected chi connectivity index (χ4v) is 2.49. The van der Waals surface area contributed by atoms with Crippen LogP contribution >= 0.6 is 0 Å². The molecule has 0 aliphatic carbocycles. The average molecular weight is 367 g/mol. The van der Waals surface area contributed by atoms with Crippen LogP contribution in [0.15, 0.2) is 46.1 Å². The normalized spacial score (nSPS) is 11.5. The van der Waals surface area contributed by atoms with Crippen LogP contribution in [0, 0.1) is 0 Å². The van der Waals surface area contributed by atoms with Gasteiger partial charge in [-0.1, -0.05) is 6.07 Å². The molecule has 0 spiro atoms. The minimum Gasteiger partial charge on any atom is -0.496 e. The summed E-state index contributed by atoms with van der Waals surface area (Å²) in [6.07, 6.45) is -3.57. The third-order valence-corrected chi connectivity index (χ3v) is 3.59. The number of benzene rings is 1. The fourth-order valence-electron chi connectivity index (χ4n) is 2.49. The summed E-state index contributed by atoms with van der Waals surface area (Å²) in [5.41, 5.74) is -1.42. The van der Waals surface area contributed by atoms with Crippen LogP contribution in [0.4, 0.5) is 13.2 Å². The number of rotatable bonds is 4. The summed E-state index contributed by atoms with van der Waals surface area (Å²) in [6.45, 7) is -0.490. The molecule has 2 heterocycles. The Hall–Kier alpha value is -3.30. The number of hydrogen-bond donors (Lipinski definition) is 1. The number of H-pyrrole nitrogens is 1. The van der Waals surface area contributed by atoms with Crippen LogP contribution in [0.3, 0.4) is 0 Å². The van der Waals surface area contributed by atoms with E-state index in [-0.39, 0.29) is 22.3 Å². The molecule has 0 saturated heterocycles. The largest absolute Gasteiger partial charge is 0.573 e. The second-order valence-corrected chi connectivity index (χ2v) is 5.21. The Morgan fingerprint density at radius 3 is 2.58 bits per heavy atom. The smallest absolute Gasteiger partial charge is 0.496 e. The van der Waals surface area contributed by atoms with E-state index in [9.17, 15) is 22.8 Å². The third-order valence-electron chi connectivity index (χ3n) is 3.59.